The van der Waals surface area contributed by atoms with Crippen LogP contribution in [-0.2, 0) is 22.6 Å². The molecule has 0 unspecified atom stereocenters. The van der Waals surface area contributed by atoms with Crippen molar-refractivity contribution in [2.45, 2.75) is 45.6 Å². The molecular formula is C33H33F2NO6. The molecule has 0 fully saturated rings. The number of benzene rings is 3. The fourth-order valence-corrected chi connectivity index (χ4v) is 4.75. The lowest BCUT2D eigenvalue weighted by molar-refractivity contribution is -0.138. The van der Waals surface area contributed by atoms with Crippen LogP contribution in [0.1, 0.15) is 47.9 Å². The number of unbranched alkanes of at least 4 members (excludes halogenated alkanes) is 1. The zero-order valence-electron chi connectivity index (χ0n) is 23.3. The molecule has 1 aromatic heterocycles. The summed E-state index contributed by atoms with van der Waals surface area (Å²) in [6.45, 7) is 2.48. The Morgan fingerprint density at radius 3 is 2.36 bits per heavy atom. The van der Waals surface area contributed by atoms with Crippen molar-refractivity contribution in [1.29, 1.82) is 0 Å². The molecule has 1 heterocycles. The predicted molar refractivity (Wildman–Crippen MR) is 157 cm³/mol. The van der Waals surface area contributed by atoms with Crippen LogP contribution in [0.15, 0.2) is 60.8 Å². The molecule has 0 aliphatic rings. The fourth-order valence-electron chi connectivity index (χ4n) is 4.75. The van der Waals surface area contributed by atoms with Gasteiger partial charge in [-0.25, -0.2) is 4.39 Å². The van der Waals surface area contributed by atoms with Gasteiger partial charge in [-0.05, 0) is 91.3 Å². The molecule has 2 N–H and O–H groups in total. The largest absolute Gasteiger partial charge is 0.494 e. The van der Waals surface area contributed by atoms with Gasteiger partial charge in [-0.15, -0.1) is 0 Å². The maximum absolute atomic E-state index is 13.6. The Kier molecular flexibility index (Phi) is 10.3. The number of aliphatic carboxylic acids is 2. The molecule has 220 valence electrons. The Bertz CT molecular complexity index is 1580. The highest BCUT2D eigenvalue weighted by atomic mass is 19.2. The summed E-state index contributed by atoms with van der Waals surface area (Å²) < 4.78 is 39.7. The van der Waals surface area contributed by atoms with E-state index in [1.54, 1.807) is 4.57 Å². The van der Waals surface area contributed by atoms with Crippen LogP contribution in [0.3, 0.4) is 0 Å². The Hall–Kier alpha value is -4.66. The summed E-state index contributed by atoms with van der Waals surface area (Å²) in [5, 5.41) is 19.4. The number of carboxylic acid groups (broad SMARTS) is 2. The number of fused-ring (bicyclic) bond motifs is 1. The van der Waals surface area contributed by atoms with Gasteiger partial charge in [-0.1, -0.05) is 30.4 Å². The topological polar surface area (TPSA) is 98.0 Å². The van der Waals surface area contributed by atoms with Crippen molar-refractivity contribution in [3.05, 3.63) is 94.7 Å². The zero-order chi connectivity index (χ0) is 30.1. The molecule has 0 bridgehead atoms. The summed E-state index contributed by atoms with van der Waals surface area (Å²) in [6, 6.07) is 15.4. The molecule has 0 radical (unpaired) electrons. The Labute approximate surface area is 242 Å². The van der Waals surface area contributed by atoms with Gasteiger partial charge < -0.3 is 24.3 Å². The van der Waals surface area contributed by atoms with Gasteiger partial charge in [-0.3, -0.25) is 9.59 Å². The Balaban J connectivity index is 1.37. The monoisotopic (exact) mass is 577 g/mol. The van der Waals surface area contributed by atoms with Crippen LogP contribution in [0.5, 0.6) is 11.5 Å². The third kappa shape index (κ3) is 8.19. The van der Waals surface area contributed by atoms with E-state index in [4.69, 9.17) is 14.6 Å². The second kappa shape index (κ2) is 14.3. The maximum Gasteiger partial charge on any atom is 0.323 e. The predicted octanol–water partition coefficient (Wildman–Crippen LogP) is 7.13. The number of ether oxygens (including phenoxy) is 2. The van der Waals surface area contributed by atoms with E-state index in [1.165, 1.54) is 12.1 Å². The maximum atomic E-state index is 13.6. The van der Waals surface area contributed by atoms with Crippen molar-refractivity contribution >= 4 is 35.0 Å². The first-order chi connectivity index (χ1) is 20.2. The van der Waals surface area contributed by atoms with Gasteiger partial charge in [0.1, 0.15) is 12.3 Å². The number of carbonyl (C=O) groups is 2. The van der Waals surface area contributed by atoms with Crippen molar-refractivity contribution in [2.75, 3.05) is 13.2 Å². The molecule has 4 rings (SSSR count). The number of halogens is 2. The highest BCUT2D eigenvalue weighted by Crippen LogP contribution is 2.29. The number of carboxylic acids is 2. The summed E-state index contributed by atoms with van der Waals surface area (Å²) in [5.41, 5.74) is 4.55. The van der Waals surface area contributed by atoms with Gasteiger partial charge in [0.2, 0.25) is 5.82 Å². The minimum Gasteiger partial charge on any atom is -0.494 e. The third-order valence-electron chi connectivity index (χ3n) is 6.69. The van der Waals surface area contributed by atoms with E-state index in [9.17, 15) is 23.5 Å². The molecule has 42 heavy (non-hydrogen) atoms. The average molecular weight is 578 g/mol. The normalized spacial score (nSPS) is 11.3. The molecule has 0 aliphatic heterocycles. The van der Waals surface area contributed by atoms with Crippen molar-refractivity contribution in [1.82, 2.24) is 4.57 Å². The summed E-state index contributed by atoms with van der Waals surface area (Å²) in [4.78, 5) is 22.5. The summed E-state index contributed by atoms with van der Waals surface area (Å²) >= 11 is 0. The van der Waals surface area contributed by atoms with Crippen LogP contribution < -0.4 is 9.47 Å². The van der Waals surface area contributed by atoms with E-state index in [2.05, 4.69) is 0 Å². The van der Waals surface area contributed by atoms with Gasteiger partial charge >= 0.3 is 11.9 Å². The minimum absolute atomic E-state index is 0.0517. The van der Waals surface area contributed by atoms with Crippen molar-refractivity contribution in [2.24, 2.45) is 0 Å². The van der Waals surface area contributed by atoms with Gasteiger partial charge in [0.25, 0.3) is 0 Å². The first kappa shape index (κ1) is 30.3. The molecule has 4 aromatic rings. The van der Waals surface area contributed by atoms with Crippen LogP contribution in [-0.4, -0.2) is 39.9 Å². The molecule has 9 heteroatoms. The van der Waals surface area contributed by atoms with Crippen LogP contribution in [0.2, 0.25) is 0 Å². The molecule has 0 saturated heterocycles. The van der Waals surface area contributed by atoms with Gasteiger partial charge in [0.15, 0.2) is 11.6 Å². The quantitative estimate of drug-likeness (QED) is 0.115. The van der Waals surface area contributed by atoms with E-state index in [1.807, 2.05) is 61.7 Å². The molecule has 0 saturated carbocycles. The number of hydrogen-bond donors (Lipinski definition) is 2. The number of nitrogens with zero attached hydrogens (tertiary/aromatic N) is 1. The average Bonchev–Trinajstić information content (AvgIpc) is 3.28. The van der Waals surface area contributed by atoms with Crippen LogP contribution in [0.4, 0.5) is 8.78 Å². The van der Waals surface area contributed by atoms with Crippen LogP contribution >= 0.6 is 0 Å². The summed E-state index contributed by atoms with van der Waals surface area (Å²) in [5.74, 6) is -3.13. The van der Waals surface area contributed by atoms with Crippen molar-refractivity contribution < 1.29 is 38.1 Å². The molecule has 0 spiro atoms. The third-order valence-corrected chi connectivity index (χ3v) is 6.69. The SMILES string of the molecule is Cc1cc(/C=C/c2ccc(OCCCCOc3cccc(F)c3F)cc2)c2c(c1)c(CCCC(=O)O)cn2CC(=O)O. The van der Waals surface area contributed by atoms with E-state index >= 15 is 0 Å². The molecule has 3 aromatic carbocycles. The minimum atomic E-state index is -0.985. The molecular weight excluding hydrogens is 544 g/mol. The standard InChI is InChI=1S/C33H33F2NO6/c1-22-18-24(33-27(19-22)25(6-4-9-30(37)38)20-36(33)21-31(39)40)13-10-23-11-14-26(15-12-23)41-16-2-3-17-42-29-8-5-7-28(34)32(29)35/h5,7-8,10-15,18-20H,2-4,6,9,16-17,21H2,1H3,(H,37,38)(H,39,40)/b13-10+. The van der Waals surface area contributed by atoms with Crippen molar-refractivity contribution in [3.63, 3.8) is 0 Å². The first-order valence-corrected chi connectivity index (χ1v) is 13.7. The molecule has 0 aliphatic carbocycles. The van der Waals surface area contributed by atoms with Gasteiger partial charge in [-0.2, -0.15) is 4.39 Å². The highest BCUT2D eigenvalue weighted by molar-refractivity contribution is 5.94. The van der Waals surface area contributed by atoms with E-state index in [-0.39, 0.29) is 25.3 Å². The second-order valence-electron chi connectivity index (χ2n) is 10.0. The Morgan fingerprint density at radius 2 is 1.64 bits per heavy atom. The lowest BCUT2D eigenvalue weighted by atomic mass is 10.0. The number of rotatable bonds is 15. The second-order valence-corrected chi connectivity index (χ2v) is 10.0. The number of aromatic nitrogens is 1. The van der Waals surface area contributed by atoms with E-state index < -0.39 is 23.6 Å². The lowest BCUT2D eigenvalue weighted by Crippen LogP contribution is -2.08. The van der Waals surface area contributed by atoms with Crippen molar-refractivity contribution in [3.8, 4) is 11.5 Å². The van der Waals surface area contributed by atoms with Gasteiger partial charge in [0.05, 0.1) is 18.7 Å². The number of hydrogen-bond acceptors (Lipinski definition) is 4. The van der Waals surface area contributed by atoms with Gasteiger partial charge in [0, 0.05) is 18.0 Å². The Morgan fingerprint density at radius 1 is 0.905 bits per heavy atom. The molecule has 7 nitrogen and oxygen atoms in total. The summed E-state index contributed by atoms with van der Waals surface area (Å²) in [6.07, 6.45) is 8.07. The smallest absolute Gasteiger partial charge is 0.323 e. The highest BCUT2D eigenvalue weighted by Gasteiger charge is 2.15. The zero-order valence-corrected chi connectivity index (χ0v) is 23.3. The molecule has 0 amide bonds. The first-order valence-electron chi connectivity index (χ1n) is 13.7. The summed E-state index contributed by atoms with van der Waals surface area (Å²) in [7, 11) is 0. The van der Waals surface area contributed by atoms with E-state index in [0.29, 0.717) is 38.0 Å². The molecule has 0 atom stereocenters. The van der Waals surface area contributed by atoms with Crippen LogP contribution in [0, 0.1) is 18.6 Å². The van der Waals surface area contributed by atoms with Crippen LogP contribution in [0.25, 0.3) is 23.1 Å². The lowest BCUT2D eigenvalue weighted by Gasteiger charge is -2.09. The fraction of sp³-hybridized carbons (Fsp3) is 0.273. The number of aryl methyl sites for hydroxylation is 2. The van der Waals surface area contributed by atoms with E-state index in [0.717, 1.165) is 39.2 Å².